The highest BCUT2D eigenvalue weighted by Crippen LogP contribution is 2.28. The van der Waals surface area contributed by atoms with E-state index in [0.29, 0.717) is 5.02 Å². The maximum absolute atomic E-state index is 5.89. The third kappa shape index (κ3) is 2.98. The average molecular weight is 226 g/mol. The SMILES string of the molecule is C=CC(NCC)c1ccc(Cl)cc1OC. The summed E-state index contributed by atoms with van der Waals surface area (Å²) in [6, 6.07) is 5.72. The number of methoxy groups -OCH3 is 1. The third-order valence-corrected chi connectivity index (χ3v) is 2.43. The summed E-state index contributed by atoms with van der Waals surface area (Å²) in [6.07, 6.45) is 1.86. The normalized spacial score (nSPS) is 12.2. The van der Waals surface area contributed by atoms with Gasteiger partial charge in [0.25, 0.3) is 0 Å². The van der Waals surface area contributed by atoms with Gasteiger partial charge in [-0.1, -0.05) is 30.7 Å². The summed E-state index contributed by atoms with van der Waals surface area (Å²) in [6.45, 7) is 6.73. The molecule has 0 heterocycles. The molecule has 0 bridgehead atoms. The minimum Gasteiger partial charge on any atom is -0.496 e. The van der Waals surface area contributed by atoms with Crippen molar-refractivity contribution in [3.63, 3.8) is 0 Å². The summed E-state index contributed by atoms with van der Waals surface area (Å²) in [5.74, 6) is 0.786. The first-order chi connectivity index (χ1) is 7.22. The van der Waals surface area contributed by atoms with E-state index in [-0.39, 0.29) is 6.04 Å². The first kappa shape index (κ1) is 12.1. The zero-order chi connectivity index (χ0) is 11.3. The Hall–Kier alpha value is -0.990. The fraction of sp³-hybridized carbons (Fsp3) is 0.333. The van der Waals surface area contributed by atoms with Gasteiger partial charge in [-0.2, -0.15) is 0 Å². The van der Waals surface area contributed by atoms with Gasteiger partial charge in [-0.3, -0.25) is 0 Å². The molecule has 0 aliphatic heterocycles. The van der Waals surface area contributed by atoms with Crippen molar-refractivity contribution < 1.29 is 4.74 Å². The molecule has 0 aliphatic carbocycles. The lowest BCUT2D eigenvalue weighted by Crippen LogP contribution is -2.19. The van der Waals surface area contributed by atoms with Gasteiger partial charge in [-0.15, -0.1) is 6.58 Å². The van der Waals surface area contributed by atoms with Gasteiger partial charge >= 0.3 is 0 Å². The molecule has 3 heteroatoms. The lowest BCUT2D eigenvalue weighted by Gasteiger charge is -2.17. The molecule has 1 rings (SSSR count). The Morgan fingerprint density at radius 2 is 2.33 bits per heavy atom. The number of halogens is 1. The van der Waals surface area contributed by atoms with Crippen LogP contribution in [0.25, 0.3) is 0 Å². The molecular formula is C12H16ClNO. The van der Waals surface area contributed by atoms with Crippen LogP contribution in [0.3, 0.4) is 0 Å². The van der Waals surface area contributed by atoms with Crippen molar-refractivity contribution in [1.29, 1.82) is 0 Å². The summed E-state index contributed by atoms with van der Waals surface area (Å²) in [7, 11) is 1.64. The zero-order valence-corrected chi connectivity index (χ0v) is 9.84. The van der Waals surface area contributed by atoms with Crippen LogP contribution in [0.15, 0.2) is 30.9 Å². The number of nitrogens with one attached hydrogen (secondary N) is 1. The second-order valence-electron chi connectivity index (χ2n) is 3.16. The number of ether oxygens (including phenoxy) is 1. The van der Waals surface area contributed by atoms with Crippen LogP contribution < -0.4 is 10.1 Å². The Morgan fingerprint density at radius 3 is 2.87 bits per heavy atom. The smallest absolute Gasteiger partial charge is 0.125 e. The van der Waals surface area contributed by atoms with Gasteiger partial charge in [-0.25, -0.2) is 0 Å². The van der Waals surface area contributed by atoms with E-state index in [1.54, 1.807) is 7.11 Å². The summed E-state index contributed by atoms with van der Waals surface area (Å²) >= 11 is 5.89. The van der Waals surface area contributed by atoms with Crippen LogP contribution in [-0.4, -0.2) is 13.7 Å². The summed E-state index contributed by atoms with van der Waals surface area (Å²) in [4.78, 5) is 0. The topological polar surface area (TPSA) is 21.3 Å². The van der Waals surface area contributed by atoms with Crippen LogP contribution in [0.2, 0.25) is 5.02 Å². The summed E-state index contributed by atoms with van der Waals surface area (Å²) in [5.41, 5.74) is 1.05. The Kier molecular flexibility index (Phi) is 4.66. The highest BCUT2D eigenvalue weighted by molar-refractivity contribution is 6.30. The minimum atomic E-state index is 0.0993. The van der Waals surface area contributed by atoms with Gasteiger partial charge in [0.15, 0.2) is 0 Å². The number of hydrogen-bond donors (Lipinski definition) is 1. The van der Waals surface area contributed by atoms with Crippen LogP contribution in [0.1, 0.15) is 18.5 Å². The van der Waals surface area contributed by atoms with Gasteiger partial charge in [0.1, 0.15) is 5.75 Å². The van der Waals surface area contributed by atoms with Crippen molar-refractivity contribution in [3.8, 4) is 5.75 Å². The average Bonchev–Trinajstić information content (AvgIpc) is 2.26. The minimum absolute atomic E-state index is 0.0993. The Labute approximate surface area is 95.9 Å². The van der Waals surface area contributed by atoms with E-state index in [9.17, 15) is 0 Å². The molecule has 1 N–H and O–H groups in total. The maximum atomic E-state index is 5.89. The Balaban J connectivity index is 3.04. The fourth-order valence-electron chi connectivity index (χ4n) is 1.48. The van der Waals surface area contributed by atoms with Gasteiger partial charge in [0.05, 0.1) is 13.2 Å². The monoisotopic (exact) mass is 225 g/mol. The van der Waals surface area contributed by atoms with Crippen LogP contribution in [0.4, 0.5) is 0 Å². The molecule has 2 nitrogen and oxygen atoms in total. The predicted molar refractivity (Wildman–Crippen MR) is 64.6 cm³/mol. The second kappa shape index (κ2) is 5.79. The van der Waals surface area contributed by atoms with Crippen molar-refractivity contribution in [2.75, 3.05) is 13.7 Å². The number of likely N-dealkylation sites (N-methyl/N-ethyl adjacent to an activating group) is 1. The molecule has 1 aromatic carbocycles. The highest BCUT2D eigenvalue weighted by Gasteiger charge is 2.11. The van der Waals surface area contributed by atoms with Crippen molar-refractivity contribution >= 4 is 11.6 Å². The molecule has 1 atom stereocenters. The molecule has 0 saturated carbocycles. The molecule has 15 heavy (non-hydrogen) atoms. The molecule has 82 valence electrons. The molecule has 0 radical (unpaired) electrons. The lowest BCUT2D eigenvalue weighted by molar-refractivity contribution is 0.405. The first-order valence-electron chi connectivity index (χ1n) is 4.92. The van der Waals surface area contributed by atoms with Crippen molar-refractivity contribution in [1.82, 2.24) is 5.32 Å². The highest BCUT2D eigenvalue weighted by atomic mass is 35.5. The third-order valence-electron chi connectivity index (χ3n) is 2.19. The van der Waals surface area contributed by atoms with Crippen molar-refractivity contribution in [3.05, 3.63) is 41.4 Å². The van der Waals surface area contributed by atoms with E-state index in [4.69, 9.17) is 16.3 Å². The molecule has 0 fully saturated rings. The molecule has 0 saturated heterocycles. The van der Waals surface area contributed by atoms with Crippen LogP contribution in [0, 0.1) is 0 Å². The molecule has 0 amide bonds. The van der Waals surface area contributed by atoms with Gasteiger partial charge in [0.2, 0.25) is 0 Å². The van der Waals surface area contributed by atoms with E-state index in [1.807, 2.05) is 24.3 Å². The number of hydrogen-bond acceptors (Lipinski definition) is 2. The molecule has 0 aliphatic rings. The molecule has 0 spiro atoms. The maximum Gasteiger partial charge on any atom is 0.125 e. The quantitative estimate of drug-likeness (QED) is 0.778. The van der Waals surface area contributed by atoms with E-state index in [2.05, 4.69) is 18.8 Å². The van der Waals surface area contributed by atoms with E-state index in [0.717, 1.165) is 17.9 Å². The Morgan fingerprint density at radius 1 is 1.60 bits per heavy atom. The molecule has 0 aromatic heterocycles. The van der Waals surface area contributed by atoms with E-state index < -0.39 is 0 Å². The van der Waals surface area contributed by atoms with Crippen LogP contribution in [-0.2, 0) is 0 Å². The largest absolute Gasteiger partial charge is 0.496 e. The first-order valence-corrected chi connectivity index (χ1v) is 5.30. The second-order valence-corrected chi connectivity index (χ2v) is 3.59. The van der Waals surface area contributed by atoms with Gasteiger partial charge in [0, 0.05) is 10.6 Å². The van der Waals surface area contributed by atoms with Crippen LogP contribution in [0.5, 0.6) is 5.75 Å². The molecular weight excluding hydrogens is 210 g/mol. The summed E-state index contributed by atoms with van der Waals surface area (Å²) < 4.78 is 5.28. The zero-order valence-electron chi connectivity index (χ0n) is 9.09. The number of benzene rings is 1. The summed E-state index contributed by atoms with van der Waals surface area (Å²) in [5, 5.41) is 3.98. The standard InChI is InChI=1S/C12H16ClNO/c1-4-11(14-5-2)10-7-6-9(13)8-12(10)15-3/h4,6-8,11,14H,1,5H2,2-3H3. The van der Waals surface area contributed by atoms with Crippen molar-refractivity contribution in [2.45, 2.75) is 13.0 Å². The molecule has 1 aromatic rings. The van der Waals surface area contributed by atoms with Gasteiger partial charge in [-0.05, 0) is 18.7 Å². The predicted octanol–water partition coefficient (Wildman–Crippen LogP) is 3.19. The Bertz CT molecular complexity index is 338. The fourth-order valence-corrected chi connectivity index (χ4v) is 1.64. The van der Waals surface area contributed by atoms with Crippen LogP contribution >= 0.6 is 11.6 Å². The lowest BCUT2D eigenvalue weighted by atomic mass is 10.1. The molecule has 1 unspecified atom stereocenters. The van der Waals surface area contributed by atoms with Gasteiger partial charge < -0.3 is 10.1 Å². The van der Waals surface area contributed by atoms with E-state index >= 15 is 0 Å². The number of rotatable bonds is 5. The van der Waals surface area contributed by atoms with Crippen molar-refractivity contribution in [2.24, 2.45) is 0 Å². The van der Waals surface area contributed by atoms with E-state index in [1.165, 1.54) is 0 Å².